The molecule has 0 rings (SSSR count). The van der Waals surface area contributed by atoms with Crippen molar-refractivity contribution < 1.29 is 3.79 Å². The first-order valence-corrected chi connectivity index (χ1v) is 7.45. The molecule has 0 aliphatic heterocycles. The van der Waals surface area contributed by atoms with Crippen molar-refractivity contribution in [3.05, 3.63) is 0 Å². The second-order valence-corrected chi connectivity index (χ2v) is 6.35. The average Bonchev–Trinajstić information content (AvgIpc) is 1.86. The summed E-state index contributed by atoms with van der Waals surface area (Å²) in [5, 5.41) is 1.09. The molecule has 11 heavy (non-hydrogen) atoms. The maximum absolute atomic E-state index is 6.03. The summed E-state index contributed by atoms with van der Waals surface area (Å²) in [6, 6.07) is 0. The molecule has 3 heteroatoms. The molecule has 0 unspecified atom stereocenters. The summed E-state index contributed by atoms with van der Waals surface area (Å²) in [4.78, 5) is 0. The van der Waals surface area contributed by atoms with Gasteiger partial charge < -0.3 is 3.79 Å². The fourth-order valence-corrected chi connectivity index (χ4v) is 3.43. The molecule has 0 heterocycles. The molecule has 0 aromatic heterocycles. The third-order valence-corrected chi connectivity index (χ3v) is 4.28. The standard InChI is InChI=1S/C4H9O.C4H9.Al.ClH/c1-2-3-4-5;1-4(2)3;;/h2-4H2,1H3;4H,1H2,2-3H3;;1H/q-1;;+2;/p-1. The third kappa shape index (κ3) is 8.69. The first-order valence-electron chi connectivity index (χ1n) is 4.42. The van der Waals surface area contributed by atoms with Gasteiger partial charge in [0.15, 0.2) is 0 Å². The van der Waals surface area contributed by atoms with Crippen LogP contribution in [0.4, 0.5) is 0 Å². The second-order valence-electron chi connectivity index (χ2n) is 3.26. The Balaban J connectivity index is 3.15. The average molecular weight is 193 g/mol. The van der Waals surface area contributed by atoms with Crippen LogP contribution in [0.2, 0.25) is 5.28 Å². The van der Waals surface area contributed by atoms with Gasteiger partial charge in [-0.3, -0.25) is 0 Å². The maximum Gasteiger partial charge on any atom is 0.591 e. The van der Waals surface area contributed by atoms with Crippen molar-refractivity contribution in [3.8, 4) is 0 Å². The summed E-state index contributed by atoms with van der Waals surface area (Å²) in [6.45, 7) is 7.40. The first kappa shape index (κ1) is 11.8. The summed E-state index contributed by atoms with van der Waals surface area (Å²) in [6.07, 6.45) is 2.34. The normalized spacial score (nSPS) is 10.6. The van der Waals surface area contributed by atoms with Crippen LogP contribution in [-0.2, 0) is 3.79 Å². The lowest BCUT2D eigenvalue weighted by Gasteiger charge is -2.07. The minimum atomic E-state index is -1.32. The van der Waals surface area contributed by atoms with Crippen molar-refractivity contribution >= 4 is 23.6 Å². The van der Waals surface area contributed by atoms with Gasteiger partial charge in [-0.1, -0.05) is 38.4 Å². The molecule has 0 aromatic rings. The molecule has 1 nitrogen and oxygen atoms in total. The van der Waals surface area contributed by atoms with E-state index in [9.17, 15) is 0 Å². The maximum atomic E-state index is 6.03. The van der Waals surface area contributed by atoms with E-state index in [2.05, 4.69) is 20.8 Å². The lowest BCUT2D eigenvalue weighted by Crippen LogP contribution is -2.13. The molecule has 0 saturated carbocycles. The fourth-order valence-electron chi connectivity index (χ4n) is 0.794. The number of rotatable bonds is 6. The Morgan fingerprint density at radius 3 is 2.55 bits per heavy atom. The molecule has 0 aliphatic rings. The van der Waals surface area contributed by atoms with Crippen LogP contribution in [0.1, 0.15) is 33.6 Å². The largest absolute Gasteiger partial charge is 0.591 e. The van der Waals surface area contributed by atoms with E-state index in [1.165, 1.54) is 6.42 Å². The van der Waals surface area contributed by atoms with Gasteiger partial charge in [-0.15, -0.1) is 0 Å². The minimum Gasteiger partial charge on any atom is -0.489 e. The monoisotopic (exact) mass is 192 g/mol. The van der Waals surface area contributed by atoms with Gasteiger partial charge in [-0.2, -0.15) is 0 Å². The molecule has 0 N–H and O–H groups in total. The zero-order chi connectivity index (χ0) is 8.69. The quantitative estimate of drug-likeness (QED) is 0.464. The highest BCUT2D eigenvalue weighted by molar-refractivity contribution is 7.03. The molecule has 0 saturated heterocycles. The smallest absolute Gasteiger partial charge is 0.489 e. The topological polar surface area (TPSA) is 9.23 Å². The minimum absolute atomic E-state index is 0.686. The van der Waals surface area contributed by atoms with Gasteiger partial charge in [-0.25, -0.2) is 10.0 Å². The summed E-state index contributed by atoms with van der Waals surface area (Å²) in [5.74, 6) is 0.686. The van der Waals surface area contributed by atoms with Crippen molar-refractivity contribution in [1.29, 1.82) is 0 Å². The number of hydrogen-bond donors (Lipinski definition) is 0. The number of unbranched alkanes of at least 4 members (excludes halogenated alkanes) is 1. The van der Waals surface area contributed by atoms with Crippen LogP contribution in [0.15, 0.2) is 0 Å². The van der Waals surface area contributed by atoms with Gasteiger partial charge in [0.25, 0.3) is 0 Å². The summed E-state index contributed by atoms with van der Waals surface area (Å²) in [7, 11) is 6.03. The molecule has 0 aliphatic carbocycles. The molecule has 0 amide bonds. The van der Waals surface area contributed by atoms with Crippen LogP contribution >= 0.6 is 10.0 Å². The Bertz CT molecular complexity index is 88.2. The van der Waals surface area contributed by atoms with E-state index in [1.54, 1.807) is 0 Å². The van der Waals surface area contributed by atoms with Crippen LogP contribution in [0, 0.1) is 5.92 Å². The Morgan fingerprint density at radius 2 is 2.09 bits per heavy atom. The van der Waals surface area contributed by atoms with E-state index < -0.39 is 13.6 Å². The van der Waals surface area contributed by atoms with E-state index in [0.717, 1.165) is 18.3 Å². The first-order chi connectivity index (χ1) is 5.16. The molecule has 0 spiro atoms. The molecule has 0 fully saturated rings. The van der Waals surface area contributed by atoms with E-state index in [4.69, 9.17) is 13.8 Å². The summed E-state index contributed by atoms with van der Waals surface area (Å²) >= 11 is -1.32. The van der Waals surface area contributed by atoms with Crippen LogP contribution in [0.25, 0.3) is 0 Å². The highest BCUT2D eigenvalue weighted by Gasteiger charge is 2.18. The van der Waals surface area contributed by atoms with Gasteiger partial charge in [0.1, 0.15) is 0 Å². The molecule has 0 aromatic carbocycles. The number of hydrogen-bond acceptors (Lipinski definition) is 1. The molecular weight excluding hydrogens is 175 g/mol. The van der Waals surface area contributed by atoms with Gasteiger partial charge in [0, 0.05) is 6.61 Å². The Hall–Kier alpha value is 0.782. The fraction of sp³-hybridized carbons (Fsp3) is 1.00. The van der Waals surface area contributed by atoms with Crippen molar-refractivity contribution in [2.24, 2.45) is 5.92 Å². The Labute approximate surface area is 79.0 Å². The van der Waals surface area contributed by atoms with E-state index >= 15 is 0 Å². The zero-order valence-corrected chi connectivity index (χ0v) is 9.68. The van der Waals surface area contributed by atoms with E-state index in [-0.39, 0.29) is 0 Å². The van der Waals surface area contributed by atoms with Crippen molar-refractivity contribution in [2.45, 2.75) is 38.9 Å². The Morgan fingerprint density at radius 1 is 1.45 bits per heavy atom. The van der Waals surface area contributed by atoms with Crippen LogP contribution in [-0.4, -0.2) is 20.2 Å². The van der Waals surface area contributed by atoms with Gasteiger partial charge in [0.2, 0.25) is 0 Å². The van der Waals surface area contributed by atoms with E-state index in [0.29, 0.717) is 5.92 Å². The van der Waals surface area contributed by atoms with Crippen LogP contribution in [0.5, 0.6) is 0 Å². The predicted molar refractivity (Wildman–Crippen MR) is 52.1 cm³/mol. The summed E-state index contributed by atoms with van der Waals surface area (Å²) < 4.78 is 5.50. The zero-order valence-electron chi connectivity index (χ0n) is 7.77. The second kappa shape index (κ2) is 7.43. The highest BCUT2D eigenvalue weighted by atomic mass is 35.6. The molecule has 0 bridgehead atoms. The molecule has 0 radical (unpaired) electrons. The van der Waals surface area contributed by atoms with Crippen LogP contribution < -0.4 is 0 Å². The lowest BCUT2D eigenvalue weighted by molar-refractivity contribution is 0.318. The summed E-state index contributed by atoms with van der Waals surface area (Å²) in [5.41, 5.74) is 0. The molecule has 66 valence electrons. The Kier molecular flexibility index (Phi) is 7.96. The molecular formula is C8H18AlClO. The van der Waals surface area contributed by atoms with Gasteiger partial charge in [-0.05, 0) is 6.42 Å². The third-order valence-electron chi connectivity index (χ3n) is 1.45. The van der Waals surface area contributed by atoms with Crippen molar-refractivity contribution in [1.82, 2.24) is 0 Å². The highest BCUT2D eigenvalue weighted by Crippen LogP contribution is 2.09. The van der Waals surface area contributed by atoms with Gasteiger partial charge in [0.05, 0.1) is 0 Å². The number of halogens is 1. The van der Waals surface area contributed by atoms with E-state index in [1.807, 2.05) is 0 Å². The van der Waals surface area contributed by atoms with Crippen molar-refractivity contribution in [2.75, 3.05) is 6.61 Å². The van der Waals surface area contributed by atoms with Crippen molar-refractivity contribution in [3.63, 3.8) is 0 Å². The predicted octanol–water partition coefficient (Wildman–Crippen LogP) is 3.19. The lowest BCUT2D eigenvalue weighted by atomic mass is 10.3. The molecule has 0 atom stereocenters. The van der Waals surface area contributed by atoms with Crippen LogP contribution in [0.3, 0.4) is 0 Å². The SMILES string of the molecule is CCCC[O][Al]([Cl])[CH2]C(C)C. The van der Waals surface area contributed by atoms with Gasteiger partial charge >= 0.3 is 13.6 Å².